The number of carbonyl (C=O) groups excluding carboxylic acids is 2. The van der Waals surface area contributed by atoms with Crippen molar-refractivity contribution < 1.29 is 24.5 Å². The number of esters is 1. The fourth-order valence-corrected chi connectivity index (χ4v) is 6.42. The molecule has 2 unspecified atom stereocenters. The molecule has 0 heterocycles. The first-order valence-corrected chi connectivity index (χ1v) is 22.2. The van der Waals surface area contributed by atoms with E-state index in [1.54, 1.807) is 0 Å². The third kappa shape index (κ3) is 37.8. The van der Waals surface area contributed by atoms with Gasteiger partial charge in [-0.25, -0.2) is 0 Å². The second kappa shape index (κ2) is 41.8. The summed E-state index contributed by atoms with van der Waals surface area (Å²) in [6, 6.07) is -0.579. The van der Waals surface area contributed by atoms with Crippen molar-refractivity contribution in [1.82, 2.24) is 5.32 Å². The van der Waals surface area contributed by atoms with E-state index in [1.807, 2.05) is 0 Å². The highest BCUT2D eigenvalue weighted by Crippen LogP contribution is 2.14. The second-order valence-corrected chi connectivity index (χ2v) is 15.0. The Bertz CT molecular complexity index is 854. The fourth-order valence-electron chi connectivity index (χ4n) is 6.42. The van der Waals surface area contributed by atoms with Crippen LogP contribution in [-0.2, 0) is 14.3 Å². The Morgan fingerprint density at radius 3 is 1.58 bits per heavy atom. The van der Waals surface area contributed by atoms with Crippen molar-refractivity contribution in [3.63, 3.8) is 0 Å². The zero-order valence-electron chi connectivity index (χ0n) is 34.3. The van der Waals surface area contributed by atoms with Crippen LogP contribution in [-0.4, -0.2) is 47.4 Å². The lowest BCUT2D eigenvalue weighted by atomic mass is 10.0. The number of rotatable bonds is 40. The lowest BCUT2D eigenvalue weighted by Crippen LogP contribution is -2.45. The Balaban J connectivity index is 3.58. The molecule has 0 spiro atoms. The van der Waals surface area contributed by atoms with E-state index in [0.717, 1.165) is 83.5 Å². The van der Waals surface area contributed by atoms with Crippen LogP contribution >= 0.6 is 0 Å². The fraction of sp³-hybridized carbons (Fsp3) is 0.826. The summed E-state index contributed by atoms with van der Waals surface area (Å²) in [5, 5.41) is 23.0. The molecule has 0 saturated carbocycles. The summed E-state index contributed by atoms with van der Waals surface area (Å²) >= 11 is 0. The molecular weight excluding hydrogens is 647 g/mol. The van der Waals surface area contributed by atoms with Crippen LogP contribution in [0.3, 0.4) is 0 Å². The molecule has 0 radical (unpaired) electrons. The van der Waals surface area contributed by atoms with Gasteiger partial charge in [0.2, 0.25) is 5.91 Å². The quantitative estimate of drug-likeness (QED) is 0.0331. The molecule has 0 aromatic carbocycles. The number of aliphatic hydroxyl groups is 2. The lowest BCUT2D eigenvalue weighted by Gasteiger charge is -2.22. The molecule has 0 aliphatic carbocycles. The van der Waals surface area contributed by atoms with E-state index >= 15 is 0 Å². The summed E-state index contributed by atoms with van der Waals surface area (Å²) in [5.41, 5.74) is 0. The number of hydrogen-bond acceptors (Lipinski definition) is 5. The molecule has 0 aliphatic rings. The van der Waals surface area contributed by atoms with Gasteiger partial charge in [-0.1, -0.05) is 172 Å². The van der Waals surface area contributed by atoms with E-state index in [0.29, 0.717) is 25.9 Å². The van der Waals surface area contributed by atoms with E-state index in [4.69, 9.17) is 4.74 Å². The zero-order chi connectivity index (χ0) is 38.0. The van der Waals surface area contributed by atoms with Crippen molar-refractivity contribution in [2.24, 2.45) is 0 Å². The molecule has 52 heavy (non-hydrogen) atoms. The third-order valence-electron chi connectivity index (χ3n) is 9.91. The molecule has 0 aliphatic heterocycles. The molecule has 0 aromatic rings. The van der Waals surface area contributed by atoms with E-state index in [-0.39, 0.29) is 18.5 Å². The first kappa shape index (κ1) is 50.1. The van der Waals surface area contributed by atoms with Crippen molar-refractivity contribution in [1.29, 1.82) is 0 Å². The molecule has 3 N–H and O–H groups in total. The minimum absolute atomic E-state index is 0.0515. The molecule has 0 fully saturated rings. The maximum Gasteiger partial charge on any atom is 0.305 e. The third-order valence-corrected chi connectivity index (χ3v) is 9.91. The lowest BCUT2D eigenvalue weighted by molar-refractivity contribution is -0.143. The van der Waals surface area contributed by atoms with Gasteiger partial charge in [-0.2, -0.15) is 0 Å². The van der Waals surface area contributed by atoms with Crippen LogP contribution in [0.5, 0.6) is 0 Å². The summed E-state index contributed by atoms with van der Waals surface area (Å²) in [6.45, 7) is 4.79. The minimum atomic E-state index is -0.695. The Kier molecular flexibility index (Phi) is 40.3. The summed E-state index contributed by atoms with van der Waals surface area (Å²) in [7, 11) is 0. The maximum absolute atomic E-state index is 12.4. The monoisotopic (exact) mass is 732 g/mol. The van der Waals surface area contributed by atoms with Gasteiger partial charge in [-0.05, 0) is 70.6 Å². The average Bonchev–Trinajstić information content (AvgIpc) is 3.14. The normalized spacial score (nSPS) is 13.1. The van der Waals surface area contributed by atoms with Gasteiger partial charge in [0.25, 0.3) is 0 Å². The predicted octanol–water partition coefficient (Wildman–Crippen LogP) is 12.6. The van der Waals surface area contributed by atoms with Crippen molar-refractivity contribution in [2.75, 3.05) is 13.2 Å². The van der Waals surface area contributed by atoms with Crippen LogP contribution in [0.1, 0.15) is 219 Å². The summed E-state index contributed by atoms with van der Waals surface area (Å²) in [6.07, 6.45) is 48.1. The van der Waals surface area contributed by atoms with Crippen molar-refractivity contribution in [2.45, 2.75) is 231 Å². The highest BCUT2D eigenvalue weighted by Gasteiger charge is 2.19. The van der Waals surface area contributed by atoms with Crippen molar-refractivity contribution in [3.8, 4) is 0 Å². The van der Waals surface area contributed by atoms with Crippen LogP contribution < -0.4 is 5.32 Å². The number of allylic oxidation sites excluding steroid dienone is 6. The van der Waals surface area contributed by atoms with Gasteiger partial charge in [0.05, 0.1) is 25.4 Å². The first-order chi connectivity index (χ1) is 25.5. The molecule has 1 amide bonds. The van der Waals surface area contributed by atoms with E-state index < -0.39 is 12.1 Å². The number of amides is 1. The number of hydrogen-bond donors (Lipinski definition) is 3. The van der Waals surface area contributed by atoms with Crippen LogP contribution in [0.15, 0.2) is 36.5 Å². The van der Waals surface area contributed by atoms with Gasteiger partial charge in [0, 0.05) is 12.8 Å². The largest absolute Gasteiger partial charge is 0.466 e. The van der Waals surface area contributed by atoms with Crippen LogP contribution in [0.2, 0.25) is 0 Å². The molecule has 2 atom stereocenters. The van der Waals surface area contributed by atoms with Crippen LogP contribution in [0.4, 0.5) is 0 Å². The molecule has 0 saturated heterocycles. The first-order valence-electron chi connectivity index (χ1n) is 22.2. The van der Waals surface area contributed by atoms with Gasteiger partial charge >= 0.3 is 5.97 Å². The second-order valence-electron chi connectivity index (χ2n) is 15.0. The van der Waals surface area contributed by atoms with E-state index in [2.05, 4.69) is 55.6 Å². The predicted molar refractivity (Wildman–Crippen MR) is 222 cm³/mol. The van der Waals surface area contributed by atoms with Gasteiger partial charge < -0.3 is 20.3 Å². The summed E-state index contributed by atoms with van der Waals surface area (Å²) < 4.78 is 5.41. The Morgan fingerprint density at radius 2 is 1.00 bits per heavy atom. The van der Waals surface area contributed by atoms with Crippen molar-refractivity contribution in [3.05, 3.63) is 36.5 Å². The number of carbonyl (C=O) groups is 2. The molecular formula is C46H85NO5. The maximum atomic E-state index is 12.4. The highest BCUT2D eigenvalue weighted by molar-refractivity contribution is 5.76. The van der Waals surface area contributed by atoms with Crippen LogP contribution in [0, 0.1) is 0 Å². The molecule has 304 valence electrons. The SMILES string of the molecule is CCCC/C=C\C/C=C\CCCCCCCC(=O)OCCCCCC/C=C\CCCC(=O)NC(CO)C(O)CCCCCCCCCCCCCC. The smallest absolute Gasteiger partial charge is 0.305 e. The molecule has 6 nitrogen and oxygen atoms in total. The number of aliphatic hydroxyl groups excluding tert-OH is 2. The molecule has 0 aromatic heterocycles. The van der Waals surface area contributed by atoms with Crippen LogP contribution in [0.25, 0.3) is 0 Å². The van der Waals surface area contributed by atoms with Gasteiger partial charge in [-0.3, -0.25) is 9.59 Å². The Morgan fingerprint density at radius 1 is 0.538 bits per heavy atom. The number of nitrogens with one attached hydrogen (secondary N) is 1. The Hall–Kier alpha value is -1.92. The van der Waals surface area contributed by atoms with Gasteiger partial charge in [-0.15, -0.1) is 0 Å². The summed E-state index contributed by atoms with van der Waals surface area (Å²) in [5.74, 6) is -0.151. The summed E-state index contributed by atoms with van der Waals surface area (Å²) in [4.78, 5) is 24.3. The molecule has 0 rings (SSSR count). The topological polar surface area (TPSA) is 95.9 Å². The van der Waals surface area contributed by atoms with E-state index in [1.165, 1.54) is 103 Å². The highest BCUT2D eigenvalue weighted by atomic mass is 16.5. The standard InChI is InChI=1S/C46H85NO5/c1-3-5-7-9-11-13-15-17-18-20-24-28-32-36-40-46(51)52-41-37-33-29-25-21-23-27-31-35-39-45(50)47-43(42-48)44(49)38-34-30-26-22-19-16-14-12-10-8-6-4-2/h9,11,15,17,23,27,43-44,48-49H,3-8,10,12-14,16,18-22,24-26,28-42H2,1-2H3,(H,47,50)/b11-9-,17-15-,27-23-. The minimum Gasteiger partial charge on any atom is -0.466 e. The van der Waals surface area contributed by atoms with Gasteiger partial charge in [0.1, 0.15) is 0 Å². The van der Waals surface area contributed by atoms with Gasteiger partial charge in [0.15, 0.2) is 0 Å². The molecule has 6 heteroatoms. The molecule has 0 bridgehead atoms. The number of unbranched alkanes of at least 4 members (excludes halogenated alkanes) is 23. The Labute approximate surface area is 322 Å². The zero-order valence-corrected chi connectivity index (χ0v) is 34.3. The average molecular weight is 732 g/mol. The van der Waals surface area contributed by atoms with Crippen molar-refractivity contribution >= 4 is 11.9 Å². The number of ether oxygens (including phenoxy) is 1. The van der Waals surface area contributed by atoms with E-state index in [9.17, 15) is 19.8 Å².